The lowest BCUT2D eigenvalue weighted by atomic mass is 10.3. The van der Waals surface area contributed by atoms with Crippen molar-refractivity contribution in [3.63, 3.8) is 0 Å². The minimum Gasteiger partial charge on any atom is -0.224 e. The predicted molar refractivity (Wildman–Crippen MR) is 52.0 cm³/mol. The molecule has 0 aliphatic heterocycles. The fraction of sp³-hybridized carbons (Fsp3) is 0.143. The van der Waals surface area contributed by atoms with Crippen LogP contribution in [0, 0.1) is 0 Å². The third kappa shape index (κ3) is 1.36. The van der Waals surface area contributed by atoms with Crippen LogP contribution in [-0.2, 0) is 9.84 Å². The van der Waals surface area contributed by atoms with Crippen molar-refractivity contribution in [3.05, 3.63) is 17.2 Å². The molecule has 0 unspecified atom stereocenters. The van der Waals surface area contributed by atoms with Gasteiger partial charge in [-0.15, -0.1) is 0 Å². The van der Waals surface area contributed by atoms with Gasteiger partial charge in [0, 0.05) is 6.26 Å². The van der Waals surface area contributed by atoms with Crippen LogP contribution in [0.1, 0.15) is 0 Å². The molecule has 2 aromatic rings. The van der Waals surface area contributed by atoms with Crippen LogP contribution < -0.4 is 0 Å². The lowest BCUT2D eigenvalue weighted by Gasteiger charge is -2.00. The summed E-state index contributed by atoms with van der Waals surface area (Å²) in [4.78, 5) is 0.0700. The Kier molecular flexibility index (Phi) is 1.97. The van der Waals surface area contributed by atoms with Gasteiger partial charge in [-0.2, -0.15) is 15.4 Å². The third-order valence-electron chi connectivity index (χ3n) is 1.79. The highest BCUT2D eigenvalue weighted by Crippen LogP contribution is 2.27. The van der Waals surface area contributed by atoms with Crippen LogP contribution in [0.25, 0.3) is 11.0 Å². The smallest absolute Gasteiger partial charge is 0.177 e. The number of hydrogen-bond donors (Lipinski definition) is 1. The number of benzene rings is 1. The largest absolute Gasteiger partial charge is 0.224 e. The maximum atomic E-state index is 11.3. The number of aromatic amines is 1. The highest BCUT2D eigenvalue weighted by molar-refractivity contribution is 7.90. The average molecular weight is 232 g/mol. The second-order valence-electron chi connectivity index (χ2n) is 2.84. The van der Waals surface area contributed by atoms with Gasteiger partial charge in [0.2, 0.25) is 0 Å². The van der Waals surface area contributed by atoms with Gasteiger partial charge in [0.25, 0.3) is 0 Å². The lowest BCUT2D eigenvalue weighted by Crippen LogP contribution is -1.98. The summed E-state index contributed by atoms with van der Waals surface area (Å²) in [7, 11) is -3.32. The number of halogens is 1. The van der Waals surface area contributed by atoms with Gasteiger partial charge in [-0.3, -0.25) is 0 Å². The van der Waals surface area contributed by atoms with Crippen LogP contribution in [0.4, 0.5) is 0 Å². The topological polar surface area (TPSA) is 75.7 Å². The van der Waals surface area contributed by atoms with Gasteiger partial charge < -0.3 is 0 Å². The number of hydrogen-bond acceptors (Lipinski definition) is 4. The normalized spacial score (nSPS) is 12.1. The van der Waals surface area contributed by atoms with Crippen molar-refractivity contribution in [2.45, 2.75) is 4.90 Å². The molecule has 5 nitrogen and oxygen atoms in total. The number of aromatic nitrogens is 3. The maximum absolute atomic E-state index is 11.3. The van der Waals surface area contributed by atoms with Crippen molar-refractivity contribution < 1.29 is 8.42 Å². The standard InChI is InChI=1S/C7H6ClN3O2S/c1-14(12,13)5-3-2-4-7(6(5)8)10-11-9-4/h2-3H,1H3,(H,9,10,11). The fourth-order valence-electron chi connectivity index (χ4n) is 1.15. The third-order valence-corrected chi connectivity index (χ3v) is 3.42. The number of rotatable bonds is 1. The summed E-state index contributed by atoms with van der Waals surface area (Å²) in [6, 6.07) is 2.98. The zero-order valence-electron chi connectivity index (χ0n) is 7.15. The van der Waals surface area contributed by atoms with E-state index in [0.29, 0.717) is 11.0 Å². The molecule has 1 heterocycles. The summed E-state index contributed by atoms with van der Waals surface area (Å²) in [6.07, 6.45) is 1.10. The molecule has 7 heteroatoms. The van der Waals surface area contributed by atoms with E-state index in [4.69, 9.17) is 11.6 Å². The van der Waals surface area contributed by atoms with Crippen LogP contribution >= 0.6 is 11.6 Å². The molecule has 0 spiro atoms. The van der Waals surface area contributed by atoms with Crippen LogP contribution in [0.2, 0.25) is 5.02 Å². The number of nitrogens with one attached hydrogen (secondary N) is 1. The second-order valence-corrected chi connectivity index (χ2v) is 5.20. The van der Waals surface area contributed by atoms with Gasteiger partial charge >= 0.3 is 0 Å². The Balaban J connectivity index is 2.88. The summed E-state index contributed by atoms with van der Waals surface area (Å²) >= 11 is 5.87. The van der Waals surface area contributed by atoms with E-state index in [2.05, 4.69) is 15.4 Å². The maximum Gasteiger partial charge on any atom is 0.177 e. The van der Waals surface area contributed by atoms with Gasteiger partial charge in [0.05, 0.1) is 9.92 Å². The highest BCUT2D eigenvalue weighted by atomic mass is 35.5. The minimum absolute atomic E-state index is 0.0700. The van der Waals surface area contributed by atoms with Crippen molar-refractivity contribution in [2.24, 2.45) is 0 Å². The van der Waals surface area contributed by atoms with E-state index in [9.17, 15) is 8.42 Å². The van der Waals surface area contributed by atoms with E-state index >= 15 is 0 Å². The minimum atomic E-state index is -3.32. The Morgan fingerprint density at radius 1 is 1.36 bits per heavy atom. The average Bonchev–Trinajstić information content (AvgIpc) is 2.50. The summed E-state index contributed by atoms with van der Waals surface area (Å²) < 4.78 is 22.6. The van der Waals surface area contributed by atoms with Gasteiger partial charge in [-0.25, -0.2) is 8.42 Å². The lowest BCUT2D eigenvalue weighted by molar-refractivity contribution is 0.602. The van der Waals surface area contributed by atoms with Crippen LogP contribution in [0.3, 0.4) is 0 Å². The Hall–Kier alpha value is -1.14. The van der Waals surface area contributed by atoms with E-state index < -0.39 is 9.84 Å². The van der Waals surface area contributed by atoms with E-state index in [1.54, 1.807) is 6.07 Å². The van der Waals surface area contributed by atoms with Crippen molar-refractivity contribution in [1.29, 1.82) is 0 Å². The van der Waals surface area contributed by atoms with Gasteiger partial charge in [0.15, 0.2) is 9.84 Å². The first-order chi connectivity index (χ1) is 6.50. The van der Waals surface area contributed by atoms with Gasteiger partial charge in [-0.05, 0) is 12.1 Å². The molecule has 0 saturated carbocycles. The Morgan fingerprint density at radius 3 is 2.71 bits per heavy atom. The molecule has 2 rings (SSSR count). The van der Waals surface area contributed by atoms with Crippen LogP contribution in [-0.4, -0.2) is 30.1 Å². The number of fused-ring (bicyclic) bond motifs is 1. The first-order valence-corrected chi connectivity index (χ1v) is 5.96. The van der Waals surface area contributed by atoms with E-state index in [-0.39, 0.29) is 9.92 Å². The van der Waals surface area contributed by atoms with Crippen LogP contribution in [0.15, 0.2) is 17.0 Å². The molecule has 0 bridgehead atoms. The first-order valence-electron chi connectivity index (χ1n) is 3.69. The molecule has 14 heavy (non-hydrogen) atoms. The van der Waals surface area contributed by atoms with Gasteiger partial charge in [-0.1, -0.05) is 11.6 Å². The molecule has 0 fully saturated rings. The summed E-state index contributed by atoms with van der Waals surface area (Å²) in [5.74, 6) is 0. The second kappa shape index (κ2) is 2.93. The first kappa shape index (κ1) is 9.42. The predicted octanol–water partition coefficient (Wildman–Crippen LogP) is 1.01. The molecule has 1 aromatic carbocycles. The molecule has 0 aliphatic carbocycles. The van der Waals surface area contributed by atoms with E-state index in [1.165, 1.54) is 6.07 Å². The van der Waals surface area contributed by atoms with Crippen molar-refractivity contribution in [3.8, 4) is 0 Å². The zero-order valence-corrected chi connectivity index (χ0v) is 8.72. The molecule has 0 aliphatic rings. The monoisotopic (exact) mass is 231 g/mol. The molecule has 0 saturated heterocycles. The van der Waals surface area contributed by atoms with Crippen LogP contribution in [0.5, 0.6) is 0 Å². The SMILES string of the molecule is CS(=O)(=O)c1ccc2n[nH]nc2c1Cl. The number of nitrogens with zero attached hydrogens (tertiary/aromatic N) is 2. The molecular weight excluding hydrogens is 226 g/mol. The quantitative estimate of drug-likeness (QED) is 0.795. The summed E-state index contributed by atoms with van der Waals surface area (Å²) in [5.41, 5.74) is 0.914. The Morgan fingerprint density at radius 2 is 2.07 bits per heavy atom. The zero-order chi connectivity index (χ0) is 10.3. The molecule has 74 valence electrons. The highest BCUT2D eigenvalue weighted by Gasteiger charge is 2.16. The van der Waals surface area contributed by atoms with E-state index in [1.807, 2.05) is 0 Å². The number of sulfone groups is 1. The van der Waals surface area contributed by atoms with Crippen molar-refractivity contribution in [2.75, 3.05) is 6.26 Å². The molecule has 0 radical (unpaired) electrons. The number of H-pyrrole nitrogens is 1. The Labute approximate surface area is 85.0 Å². The van der Waals surface area contributed by atoms with Gasteiger partial charge in [0.1, 0.15) is 11.0 Å². The Bertz CT molecular complexity index is 590. The summed E-state index contributed by atoms with van der Waals surface area (Å²) in [5, 5.41) is 10.0. The summed E-state index contributed by atoms with van der Waals surface area (Å²) in [6.45, 7) is 0. The van der Waals surface area contributed by atoms with Crippen molar-refractivity contribution in [1.82, 2.24) is 15.4 Å². The molecule has 0 amide bonds. The molecule has 1 aromatic heterocycles. The molecule has 0 atom stereocenters. The van der Waals surface area contributed by atoms with E-state index in [0.717, 1.165) is 6.26 Å². The molecule has 1 N–H and O–H groups in total. The fourth-order valence-corrected chi connectivity index (χ4v) is 2.51. The molecular formula is C7H6ClN3O2S. The van der Waals surface area contributed by atoms with Crippen molar-refractivity contribution >= 4 is 32.5 Å².